The van der Waals surface area contributed by atoms with Crippen LogP contribution in [0.15, 0.2) is 53.6 Å². The molecule has 1 amide bonds. The summed E-state index contributed by atoms with van der Waals surface area (Å²) in [6.07, 6.45) is 1.37. The second-order valence-corrected chi connectivity index (χ2v) is 5.74. The zero-order valence-electron chi connectivity index (χ0n) is 13.6. The summed E-state index contributed by atoms with van der Waals surface area (Å²) < 4.78 is 27.4. The van der Waals surface area contributed by atoms with Crippen molar-refractivity contribution in [3.8, 4) is 5.69 Å². The van der Waals surface area contributed by atoms with E-state index in [0.717, 1.165) is 0 Å². The van der Waals surface area contributed by atoms with E-state index < -0.39 is 11.7 Å². The van der Waals surface area contributed by atoms with Crippen LogP contribution >= 0.6 is 11.6 Å². The predicted molar refractivity (Wildman–Crippen MR) is 94.7 cm³/mol. The Kier molecular flexibility index (Phi) is 5.09. The molecular formula is C18H13ClF2N4O. The summed E-state index contributed by atoms with van der Waals surface area (Å²) in [5, 5.41) is 8.43. The summed E-state index contributed by atoms with van der Waals surface area (Å²) in [5.41, 5.74) is 4.30. The first kappa shape index (κ1) is 17.8. The smallest absolute Gasteiger partial charge is 0.267 e. The summed E-state index contributed by atoms with van der Waals surface area (Å²) in [7, 11) is 0. The van der Waals surface area contributed by atoms with Crippen molar-refractivity contribution in [2.45, 2.75) is 6.92 Å². The Morgan fingerprint density at radius 3 is 2.31 bits per heavy atom. The van der Waals surface area contributed by atoms with Crippen LogP contribution < -0.4 is 5.43 Å². The second kappa shape index (κ2) is 7.45. The third kappa shape index (κ3) is 3.78. The molecule has 3 aromatic rings. The molecule has 1 aromatic heterocycles. The number of hydrogen-bond acceptors (Lipinski definition) is 3. The number of aromatic nitrogens is 2. The van der Waals surface area contributed by atoms with Gasteiger partial charge in [-0.05, 0) is 55.5 Å². The SMILES string of the molecule is Cc1nn(-c2ccc(F)cc2)c(Cl)c1/C=N\NC(=O)c1ccc(F)cc1. The minimum absolute atomic E-state index is 0.272. The monoisotopic (exact) mass is 374 g/mol. The lowest BCUT2D eigenvalue weighted by Crippen LogP contribution is -2.17. The van der Waals surface area contributed by atoms with Gasteiger partial charge in [0.2, 0.25) is 0 Å². The topological polar surface area (TPSA) is 59.3 Å². The first-order valence-corrected chi connectivity index (χ1v) is 7.93. The maximum atomic E-state index is 13.0. The van der Waals surface area contributed by atoms with E-state index in [2.05, 4.69) is 15.6 Å². The Hall–Kier alpha value is -3.06. The molecule has 0 saturated carbocycles. The lowest BCUT2D eigenvalue weighted by Gasteiger charge is -2.02. The molecule has 0 fully saturated rings. The molecule has 5 nitrogen and oxygen atoms in total. The van der Waals surface area contributed by atoms with E-state index in [4.69, 9.17) is 11.6 Å². The van der Waals surface area contributed by atoms with Gasteiger partial charge in [-0.1, -0.05) is 11.6 Å². The van der Waals surface area contributed by atoms with Crippen LogP contribution in [0.25, 0.3) is 5.69 Å². The van der Waals surface area contributed by atoms with Gasteiger partial charge in [0.25, 0.3) is 5.91 Å². The zero-order valence-corrected chi connectivity index (χ0v) is 14.3. The van der Waals surface area contributed by atoms with Crippen molar-refractivity contribution in [3.05, 3.63) is 82.1 Å². The molecule has 0 aliphatic rings. The van der Waals surface area contributed by atoms with Gasteiger partial charge in [0.05, 0.1) is 23.2 Å². The lowest BCUT2D eigenvalue weighted by atomic mass is 10.2. The van der Waals surface area contributed by atoms with E-state index in [0.29, 0.717) is 16.9 Å². The van der Waals surface area contributed by atoms with Crippen LogP contribution in [0.2, 0.25) is 5.15 Å². The summed E-state index contributed by atoms with van der Waals surface area (Å²) in [6, 6.07) is 10.8. The number of amides is 1. The maximum absolute atomic E-state index is 13.0. The average Bonchev–Trinajstić information content (AvgIpc) is 2.91. The molecule has 132 valence electrons. The van der Waals surface area contributed by atoms with Crippen LogP contribution in [0.1, 0.15) is 21.6 Å². The van der Waals surface area contributed by atoms with Crippen LogP contribution in [-0.2, 0) is 0 Å². The Labute approximate surface area is 152 Å². The van der Waals surface area contributed by atoms with Gasteiger partial charge in [-0.2, -0.15) is 10.2 Å². The Morgan fingerprint density at radius 1 is 1.12 bits per heavy atom. The van der Waals surface area contributed by atoms with E-state index >= 15 is 0 Å². The number of nitrogens with zero attached hydrogens (tertiary/aromatic N) is 3. The highest BCUT2D eigenvalue weighted by molar-refractivity contribution is 6.32. The van der Waals surface area contributed by atoms with E-state index in [9.17, 15) is 13.6 Å². The van der Waals surface area contributed by atoms with Crippen LogP contribution in [-0.4, -0.2) is 21.9 Å². The number of carbonyl (C=O) groups excluding carboxylic acids is 1. The third-order valence-corrected chi connectivity index (χ3v) is 3.95. The van der Waals surface area contributed by atoms with Crippen LogP contribution in [0.5, 0.6) is 0 Å². The predicted octanol–water partition coefficient (Wildman–Crippen LogP) is 3.88. The molecule has 3 rings (SSSR count). The highest BCUT2D eigenvalue weighted by atomic mass is 35.5. The van der Waals surface area contributed by atoms with Gasteiger partial charge in [-0.3, -0.25) is 4.79 Å². The van der Waals surface area contributed by atoms with Gasteiger partial charge in [-0.25, -0.2) is 18.9 Å². The average molecular weight is 375 g/mol. The van der Waals surface area contributed by atoms with Crippen LogP contribution in [0.4, 0.5) is 8.78 Å². The largest absolute Gasteiger partial charge is 0.271 e. The molecule has 0 radical (unpaired) electrons. The van der Waals surface area contributed by atoms with Crippen molar-refractivity contribution in [2.24, 2.45) is 5.10 Å². The molecule has 0 aliphatic carbocycles. The molecular weight excluding hydrogens is 362 g/mol. The van der Waals surface area contributed by atoms with E-state index in [-0.39, 0.29) is 16.5 Å². The summed E-state index contributed by atoms with van der Waals surface area (Å²) >= 11 is 6.31. The Balaban J connectivity index is 1.77. The minimum atomic E-state index is -0.485. The number of nitrogens with one attached hydrogen (secondary N) is 1. The number of halogens is 3. The molecule has 0 saturated heterocycles. The molecule has 1 N–H and O–H groups in total. The molecule has 0 atom stereocenters. The molecule has 8 heteroatoms. The number of hydrazone groups is 1. The normalized spacial score (nSPS) is 11.1. The molecule has 0 aliphatic heterocycles. The molecule has 0 bridgehead atoms. The molecule has 1 heterocycles. The summed E-state index contributed by atoms with van der Waals surface area (Å²) in [4.78, 5) is 11.9. The van der Waals surface area contributed by atoms with Crippen LogP contribution in [0.3, 0.4) is 0 Å². The number of carbonyl (C=O) groups is 1. The Bertz CT molecular complexity index is 966. The van der Waals surface area contributed by atoms with E-state index in [1.807, 2.05) is 0 Å². The van der Waals surface area contributed by atoms with Crippen molar-refractivity contribution in [1.82, 2.24) is 15.2 Å². The van der Waals surface area contributed by atoms with Crippen molar-refractivity contribution < 1.29 is 13.6 Å². The Morgan fingerprint density at radius 2 is 1.69 bits per heavy atom. The zero-order chi connectivity index (χ0) is 18.7. The molecule has 0 unspecified atom stereocenters. The van der Waals surface area contributed by atoms with Gasteiger partial charge in [0, 0.05) is 5.56 Å². The first-order chi connectivity index (χ1) is 12.5. The molecule has 2 aromatic carbocycles. The van der Waals surface area contributed by atoms with Crippen molar-refractivity contribution >= 4 is 23.7 Å². The van der Waals surface area contributed by atoms with Gasteiger partial charge in [0.1, 0.15) is 16.8 Å². The highest BCUT2D eigenvalue weighted by Gasteiger charge is 2.13. The quantitative estimate of drug-likeness (QED) is 0.556. The van der Waals surface area contributed by atoms with Gasteiger partial charge in [-0.15, -0.1) is 0 Å². The van der Waals surface area contributed by atoms with Crippen molar-refractivity contribution in [1.29, 1.82) is 0 Å². The minimum Gasteiger partial charge on any atom is -0.267 e. The van der Waals surface area contributed by atoms with E-state index in [1.165, 1.54) is 47.3 Å². The third-order valence-electron chi connectivity index (χ3n) is 3.59. The lowest BCUT2D eigenvalue weighted by molar-refractivity contribution is 0.0955. The number of benzene rings is 2. The maximum Gasteiger partial charge on any atom is 0.271 e. The van der Waals surface area contributed by atoms with Gasteiger partial charge in [0.15, 0.2) is 0 Å². The fourth-order valence-corrected chi connectivity index (χ4v) is 2.55. The van der Waals surface area contributed by atoms with Crippen molar-refractivity contribution in [3.63, 3.8) is 0 Å². The summed E-state index contributed by atoms with van der Waals surface area (Å²) in [6.45, 7) is 1.73. The highest BCUT2D eigenvalue weighted by Crippen LogP contribution is 2.22. The standard InChI is InChI=1S/C18H13ClF2N4O/c1-11-16(10-22-23-18(26)12-2-4-13(20)5-3-12)17(19)25(24-11)15-8-6-14(21)7-9-15/h2-10H,1H3,(H,23,26)/b22-10-. The van der Waals surface area contributed by atoms with Crippen molar-refractivity contribution in [2.75, 3.05) is 0 Å². The fourth-order valence-electron chi connectivity index (χ4n) is 2.23. The first-order valence-electron chi connectivity index (χ1n) is 7.56. The number of aryl methyl sites for hydroxylation is 1. The van der Waals surface area contributed by atoms with E-state index in [1.54, 1.807) is 19.1 Å². The number of hydrogen-bond donors (Lipinski definition) is 1. The van der Waals surface area contributed by atoms with Crippen LogP contribution in [0, 0.1) is 18.6 Å². The van der Waals surface area contributed by atoms with Gasteiger partial charge < -0.3 is 0 Å². The van der Waals surface area contributed by atoms with Gasteiger partial charge >= 0.3 is 0 Å². The molecule has 26 heavy (non-hydrogen) atoms. The molecule has 0 spiro atoms. The second-order valence-electron chi connectivity index (χ2n) is 5.38. The fraction of sp³-hybridized carbons (Fsp3) is 0.0556. The summed E-state index contributed by atoms with van der Waals surface area (Å²) in [5.74, 6) is -1.28. The number of rotatable bonds is 4.